The molecule has 4 nitrogen and oxygen atoms in total. The van der Waals surface area contributed by atoms with Crippen LogP contribution in [0, 0.1) is 0 Å². The Bertz CT molecular complexity index is 512. The molecule has 1 atom stereocenters. The number of hydrogen-bond donors (Lipinski definition) is 3. The minimum Gasteiger partial charge on any atom is -0.504 e. The van der Waals surface area contributed by atoms with Gasteiger partial charge in [-0.2, -0.15) is 0 Å². The van der Waals surface area contributed by atoms with Crippen LogP contribution < -0.4 is 10.1 Å². The maximum absolute atomic E-state index is 10.4. The molecule has 23 heavy (non-hydrogen) atoms. The number of allylic oxidation sites excluding steroid dienone is 1. The highest BCUT2D eigenvalue weighted by Crippen LogP contribution is 2.34. The summed E-state index contributed by atoms with van der Waals surface area (Å²) >= 11 is 0. The van der Waals surface area contributed by atoms with Crippen LogP contribution in [0.3, 0.4) is 0 Å². The molecule has 1 aromatic rings. The molecule has 0 spiro atoms. The van der Waals surface area contributed by atoms with Crippen LogP contribution in [0.5, 0.6) is 11.5 Å². The number of aromatic hydroxyl groups is 1. The van der Waals surface area contributed by atoms with Gasteiger partial charge < -0.3 is 20.3 Å². The molecule has 0 aliphatic rings. The molecule has 0 saturated heterocycles. The average Bonchev–Trinajstić information content (AvgIpc) is 2.54. The fourth-order valence-corrected chi connectivity index (χ4v) is 2.54. The number of aliphatic hydroxyl groups excluding tert-OH is 1. The van der Waals surface area contributed by atoms with Crippen molar-refractivity contribution in [1.82, 2.24) is 5.32 Å². The van der Waals surface area contributed by atoms with E-state index < -0.39 is 0 Å². The van der Waals surface area contributed by atoms with E-state index in [0.717, 1.165) is 43.4 Å². The molecule has 1 aromatic carbocycles. The Labute approximate surface area is 139 Å². The van der Waals surface area contributed by atoms with Crippen LogP contribution in [0.1, 0.15) is 30.9 Å². The number of rotatable bonds is 11. The molecule has 4 heteroatoms. The topological polar surface area (TPSA) is 61.7 Å². The zero-order valence-electron chi connectivity index (χ0n) is 14.2. The minimum atomic E-state index is 0.0653. The van der Waals surface area contributed by atoms with Gasteiger partial charge in [0.15, 0.2) is 11.5 Å². The molecule has 0 fully saturated rings. The predicted molar refractivity (Wildman–Crippen MR) is 95.2 cm³/mol. The van der Waals surface area contributed by atoms with E-state index in [-0.39, 0.29) is 18.4 Å². The third-order valence-corrected chi connectivity index (χ3v) is 3.78. The number of nitrogens with one attached hydrogen (secondary N) is 1. The highest BCUT2D eigenvalue weighted by atomic mass is 16.5. The number of phenols is 1. The van der Waals surface area contributed by atoms with Crippen molar-refractivity contribution in [2.45, 2.75) is 38.6 Å². The fraction of sp³-hybridized carbons (Fsp3) is 0.474. The summed E-state index contributed by atoms with van der Waals surface area (Å²) in [4.78, 5) is 0. The zero-order chi connectivity index (χ0) is 17.1. The SMILES string of the molecule is C=CCCCc1c(CC(C)NC/C=C\CO)ccc(OC)c1O. The first-order valence-electron chi connectivity index (χ1n) is 8.11. The summed E-state index contributed by atoms with van der Waals surface area (Å²) in [6.07, 6.45) is 9.05. The Kier molecular flexibility index (Phi) is 9.10. The fourth-order valence-electron chi connectivity index (χ4n) is 2.54. The number of benzene rings is 1. The monoisotopic (exact) mass is 319 g/mol. The molecule has 1 rings (SSSR count). The van der Waals surface area contributed by atoms with Crippen molar-refractivity contribution in [2.24, 2.45) is 0 Å². The summed E-state index contributed by atoms with van der Waals surface area (Å²) in [5.74, 6) is 0.773. The van der Waals surface area contributed by atoms with Gasteiger partial charge in [0.1, 0.15) is 0 Å². The van der Waals surface area contributed by atoms with Gasteiger partial charge in [-0.05, 0) is 44.2 Å². The van der Waals surface area contributed by atoms with E-state index in [1.54, 1.807) is 13.2 Å². The van der Waals surface area contributed by atoms with E-state index in [2.05, 4.69) is 18.8 Å². The van der Waals surface area contributed by atoms with E-state index in [1.807, 2.05) is 24.3 Å². The van der Waals surface area contributed by atoms with E-state index >= 15 is 0 Å². The van der Waals surface area contributed by atoms with Crippen molar-refractivity contribution in [3.63, 3.8) is 0 Å². The van der Waals surface area contributed by atoms with Crippen molar-refractivity contribution in [1.29, 1.82) is 0 Å². The standard InChI is InChI=1S/C19H29NO3/c1-4-5-6-9-17-16(10-11-18(23-3)19(17)22)14-15(2)20-12-7-8-13-21/h4,7-8,10-11,15,20-22H,1,5-6,9,12-14H2,2-3H3/b8-7-. The van der Waals surface area contributed by atoms with E-state index in [0.29, 0.717) is 5.75 Å². The number of aliphatic hydroxyl groups is 1. The van der Waals surface area contributed by atoms with Crippen LogP contribution in [0.15, 0.2) is 36.9 Å². The molecule has 0 aromatic heterocycles. The molecule has 0 radical (unpaired) electrons. The Morgan fingerprint density at radius 1 is 1.35 bits per heavy atom. The lowest BCUT2D eigenvalue weighted by Gasteiger charge is -2.18. The minimum absolute atomic E-state index is 0.0653. The van der Waals surface area contributed by atoms with Crippen molar-refractivity contribution in [2.75, 3.05) is 20.3 Å². The Morgan fingerprint density at radius 2 is 2.13 bits per heavy atom. The van der Waals surface area contributed by atoms with Crippen molar-refractivity contribution in [3.8, 4) is 11.5 Å². The summed E-state index contributed by atoms with van der Waals surface area (Å²) < 4.78 is 5.23. The van der Waals surface area contributed by atoms with Crippen LogP contribution in [-0.2, 0) is 12.8 Å². The van der Waals surface area contributed by atoms with Gasteiger partial charge in [0, 0.05) is 18.2 Å². The second kappa shape index (κ2) is 10.9. The van der Waals surface area contributed by atoms with Crippen molar-refractivity contribution >= 4 is 0 Å². The largest absolute Gasteiger partial charge is 0.504 e. The predicted octanol–water partition coefficient (Wildman–Crippen LogP) is 2.98. The molecule has 0 saturated carbocycles. The lowest BCUT2D eigenvalue weighted by Crippen LogP contribution is -2.28. The van der Waals surface area contributed by atoms with Gasteiger partial charge in [-0.3, -0.25) is 0 Å². The third-order valence-electron chi connectivity index (χ3n) is 3.78. The summed E-state index contributed by atoms with van der Waals surface area (Å²) in [7, 11) is 1.57. The molecular formula is C19H29NO3. The Morgan fingerprint density at radius 3 is 2.78 bits per heavy atom. The van der Waals surface area contributed by atoms with Gasteiger partial charge in [0.25, 0.3) is 0 Å². The summed E-state index contributed by atoms with van der Waals surface area (Å²) in [6.45, 7) is 6.64. The van der Waals surface area contributed by atoms with E-state index in [1.165, 1.54) is 0 Å². The highest BCUT2D eigenvalue weighted by Gasteiger charge is 2.14. The molecule has 0 aliphatic heterocycles. The molecule has 0 amide bonds. The number of hydrogen-bond acceptors (Lipinski definition) is 4. The smallest absolute Gasteiger partial charge is 0.161 e. The Balaban J connectivity index is 2.80. The van der Waals surface area contributed by atoms with E-state index in [9.17, 15) is 5.11 Å². The summed E-state index contributed by atoms with van der Waals surface area (Å²) in [5, 5.41) is 22.5. The molecule has 3 N–H and O–H groups in total. The zero-order valence-corrected chi connectivity index (χ0v) is 14.2. The maximum Gasteiger partial charge on any atom is 0.161 e. The lowest BCUT2D eigenvalue weighted by atomic mass is 9.95. The van der Waals surface area contributed by atoms with Crippen LogP contribution in [0.2, 0.25) is 0 Å². The van der Waals surface area contributed by atoms with Crippen LogP contribution in [0.4, 0.5) is 0 Å². The second-order valence-electron chi connectivity index (χ2n) is 5.60. The number of unbranched alkanes of at least 4 members (excludes halogenated alkanes) is 1. The van der Waals surface area contributed by atoms with Gasteiger partial charge in [-0.25, -0.2) is 0 Å². The Hall–Kier alpha value is -1.78. The summed E-state index contributed by atoms with van der Waals surface area (Å²) in [5.41, 5.74) is 2.10. The molecule has 128 valence electrons. The third kappa shape index (κ3) is 6.47. The average molecular weight is 319 g/mol. The number of ether oxygens (including phenoxy) is 1. The van der Waals surface area contributed by atoms with Gasteiger partial charge in [0.2, 0.25) is 0 Å². The molecular weight excluding hydrogens is 290 g/mol. The van der Waals surface area contributed by atoms with Crippen molar-refractivity contribution in [3.05, 3.63) is 48.1 Å². The first kappa shape index (κ1) is 19.3. The van der Waals surface area contributed by atoms with Crippen LogP contribution >= 0.6 is 0 Å². The first-order valence-corrected chi connectivity index (χ1v) is 8.11. The molecule has 0 aliphatic carbocycles. The molecule has 0 bridgehead atoms. The molecule has 0 heterocycles. The quantitative estimate of drug-likeness (QED) is 0.433. The maximum atomic E-state index is 10.4. The highest BCUT2D eigenvalue weighted by molar-refractivity contribution is 5.50. The lowest BCUT2D eigenvalue weighted by molar-refractivity contribution is 0.342. The second-order valence-corrected chi connectivity index (χ2v) is 5.60. The van der Waals surface area contributed by atoms with Crippen LogP contribution in [0.25, 0.3) is 0 Å². The van der Waals surface area contributed by atoms with Gasteiger partial charge in [-0.1, -0.05) is 24.3 Å². The van der Waals surface area contributed by atoms with Crippen molar-refractivity contribution < 1.29 is 14.9 Å². The van der Waals surface area contributed by atoms with Crippen LogP contribution in [-0.4, -0.2) is 36.5 Å². The van der Waals surface area contributed by atoms with Gasteiger partial charge in [0.05, 0.1) is 13.7 Å². The van der Waals surface area contributed by atoms with Gasteiger partial charge in [-0.15, -0.1) is 6.58 Å². The van der Waals surface area contributed by atoms with E-state index in [4.69, 9.17) is 9.84 Å². The number of phenolic OH excluding ortho intramolecular Hbond substituents is 1. The first-order chi connectivity index (χ1) is 11.1. The number of methoxy groups -OCH3 is 1. The molecule has 1 unspecified atom stereocenters. The van der Waals surface area contributed by atoms with Gasteiger partial charge >= 0.3 is 0 Å². The normalized spacial score (nSPS) is 12.5. The summed E-state index contributed by atoms with van der Waals surface area (Å²) in [6, 6.07) is 4.12.